The summed E-state index contributed by atoms with van der Waals surface area (Å²) in [4.78, 5) is 25.3. The van der Waals surface area contributed by atoms with Gasteiger partial charge < -0.3 is 14.8 Å². The van der Waals surface area contributed by atoms with Gasteiger partial charge in [0.15, 0.2) is 0 Å². The lowest BCUT2D eigenvalue weighted by Crippen LogP contribution is -2.47. The van der Waals surface area contributed by atoms with Gasteiger partial charge in [-0.1, -0.05) is 0 Å². The minimum Gasteiger partial charge on any atom is -0.444 e. The van der Waals surface area contributed by atoms with Crippen LogP contribution in [0.2, 0.25) is 0 Å². The first kappa shape index (κ1) is 14.8. The van der Waals surface area contributed by atoms with Crippen LogP contribution in [0.5, 0.6) is 0 Å². The molecule has 1 saturated heterocycles. The predicted octanol–water partition coefficient (Wildman–Crippen LogP) is 1.11. The van der Waals surface area contributed by atoms with Gasteiger partial charge in [-0.3, -0.25) is 9.69 Å². The summed E-state index contributed by atoms with van der Waals surface area (Å²) in [7, 11) is 1.50. The van der Waals surface area contributed by atoms with Gasteiger partial charge >= 0.3 is 6.09 Å². The highest BCUT2D eigenvalue weighted by atomic mass is 16.6. The van der Waals surface area contributed by atoms with E-state index in [0.717, 1.165) is 6.42 Å². The molecule has 0 saturated carbocycles. The summed E-state index contributed by atoms with van der Waals surface area (Å²) in [6, 6.07) is -0.449. The third kappa shape index (κ3) is 4.18. The minimum absolute atomic E-state index is 0.150. The molecule has 0 unspecified atom stereocenters. The van der Waals surface area contributed by atoms with Crippen LogP contribution in [-0.4, -0.2) is 48.9 Å². The van der Waals surface area contributed by atoms with Crippen molar-refractivity contribution in [2.24, 2.45) is 0 Å². The summed E-state index contributed by atoms with van der Waals surface area (Å²) in [6.07, 6.45) is 1.04. The van der Waals surface area contributed by atoms with Gasteiger partial charge in [-0.25, -0.2) is 4.79 Å². The van der Waals surface area contributed by atoms with Gasteiger partial charge in [-0.2, -0.15) is 0 Å². The standard InChI is InChI=1S/C12H22N2O4/c1-12(2,3)18-11(16)14-7-5-6-9(14)10(15)13-8-17-4/h9H,5-8H2,1-4H3,(H,13,15)/t9-/m0/s1. The van der Waals surface area contributed by atoms with Crippen LogP contribution in [0.4, 0.5) is 4.79 Å². The lowest BCUT2D eigenvalue weighted by Gasteiger charge is -2.27. The summed E-state index contributed by atoms with van der Waals surface area (Å²) in [5, 5.41) is 2.61. The van der Waals surface area contributed by atoms with Gasteiger partial charge in [-0.15, -0.1) is 0 Å². The Balaban J connectivity index is 2.59. The Morgan fingerprint density at radius 3 is 2.61 bits per heavy atom. The van der Waals surface area contributed by atoms with E-state index in [1.54, 1.807) is 20.8 Å². The Bertz CT molecular complexity index is 312. The van der Waals surface area contributed by atoms with Gasteiger partial charge in [0.25, 0.3) is 0 Å². The third-order valence-corrected chi connectivity index (χ3v) is 2.57. The lowest BCUT2D eigenvalue weighted by atomic mass is 10.2. The van der Waals surface area contributed by atoms with E-state index in [1.165, 1.54) is 12.0 Å². The van der Waals surface area contributed by atoms with Crippen LogP contribution in [-0.2, 0) is 14.3 Å². The van der Waals surface area contributed by atoms with E-state index in [2.05, 4.69) is 5.32 Å². The maximum absolute atomic E-state index is 11.9. The first-order chi connectivity index (χ1) is 8.35. The molecule has 0 spiro atoms. The molecule has 2 amide bonds. The van der Waals surface area contributed by atoms with Crippen LogP contribution < -0.4 is 5.32 Å². The summed E-state index contributed by atoms with van der Waals surface area (Å²) in [5.41, 5.74) is -0.548. The molecule has 0 bridgehead atoms. The monoisotopic (exact) mass is 258 g/mol. The Kier molecular flexibility index (Phi) is 4.95. The molecule has 0 aromatic heterocycles. The number of likely N-dealkylation sites (tertiary alicyclic amines) is 1. The summed E-state index contributed by atoms with van der Waals surface area (Å²) >= 11 is 0. The van der Waals surface area contributed by atoms with Crippen molar-refractivity contribution < 1.29 is 19.1 Å². The highest BCUT2D eigenvalue weighted by Gasteiger charge is 2.36. The summed E-state index contributed by atoms with van der Waals surface area (Å²) in [5.74, 6) is -0.194. The van der Waals surface area contributed by atoms with Crippen LogP contribution in [0.25, 0.3) is 0 Å². The van der Waals surface area contributed by atoms with Crippen molar-refractivity contribution in [3.05, 3.63) is 0 Å². The minimum atomic E-state index is -0.548. The predicted molar refractivity (Wildman–Crippen MR) is 66.0 cm³/mol. The van der Waals surface area contributed by atoms with Crippen LogP contribution >= 0.6 is 0 Å². The average Bonchev–Trinajstić information content (AvgIpc) is 2.72. The van der Waals surface area contributed by atoms with Crippen molar-refractivity contribution >= 4 is 12.0 Å². The quantitative estimate of drug-likeness (QED) is 0.770. The number of rotatable bonds is 3. The molecule has 18 heavy (non-hydrogen) atoms. The van der Waals surface area contributed by atoms with Crippen molar-refractivity contribution in [2.75, 3.05) is 20.4 Å². The molecular weight excluding hydrogens is 236 g/mol. The Hall–Kier alpha value is -1.30. The zero-order chi connectivity index (χ0) is 13.8. The fourth-order valence-electron chi connectivity index (χ4n) is 1.84. The van der Waals surface area contributed by atoms with Crippen LogP contribution in [0.15, 0.2) is 0 Å². The maximum atomic E-state index is 11.9. The van der Waals surface area contributed by atoms with E-state index in [1.807, 2.05) is 0 Å². The van der Waals surface area contributed by atoms with Gasteiger partial charge in [0.05, 0.1) is 0 Å². The number of ether oxygens (including phenoxy) is 2. The second-order valence-corrected chi connectivity index (χ2v) is 5.31. The number of carbonyl (C=O) groups excluding carboxylic acids is 2. The number of carbonyl (C=O) groups is 2. The molecule has 1 aliphatic rings. The normalized spacial score (nSPS) is 19.8. The van der Waals surface area contributed by atoms with Crippen molar-refractivity contribution in [2.45, 2.75) is 45.3 Å². The largest absolute Gasteiger partial charge is 0.444 e. The molecule has 1 aliphatic heterocycles. The molecule has 0 radical (unpaired) electrons. The molecule has 1 fully saturated rings. The molecule has 1 heterocycles. The first-order valence-corrected chi connectivity index (χ1v) is 6.11. The van der Waals surface area contributed by atoms with E-state index >= 15 is 0 Å². The molecule has 0 aromatic rings. The SMILES string of the molecule is COCNC(=O)[C@@H]1CCCN1C(=O)OC(C)(C)C. The smallest absolute Gasteiger partial charge is 0.410 e. The fourth-order valence-corrected chi connectivity index (χ4v) is 1.84. The van der Waals surface area contributed by atoms with E-state index in [-0.39, 0.29) is 12.6 Å². The van der Waals surface area contributed by atoms with Crippen molar-refractivity contribution in [3.63, 3.8) is 0 Å². The average molecular weight is 258 g/mol. The van der Waals surface area contributed by atoms with Gasteiger partial charge in [0.1, 0.15) is 18.4 Å². The van der Waals surface area contributed by atoms with Crippen LogP contribution in [0.3, 0.4) is 0 Å². The number of hydrogen-bond acceptors (Lipinski definition) is 4. The molecule has 1 N–H and O–H groups in total. The molecule has 0 aromatic carbocycles. The number of nitrogens with zero attached hydrogens (tertiary/aromatic N) is 1. The topological polar surface area (TPSA) is 67.9 Å². The van der Waals surface area contributed by atoms with Crippen LogP contribution in [0.1, 0.15) is 33.6 Å². The fraction of sp³-hybridized carbons (Fsp3) is 0.833. The Morgan fingerprint density at radius 1 is 1.39 bits per heavy atom. The highest BCUT2D eigenvalue weighted by Crippen LogP contribution is 2.20. The Morgan fingerprint density at radius 2 is 2.06 bits per heavy atom. The van der Waals surface area contributed by atoms with Gasteiger partial charge in [0, 0.05) is 13.7 Å². The molecular formula is C12H22N2O4. The summed E-state index contributed by atoms with van der Waals surface area (Å²) < 4.78 is 10.1. The lowest BCUT2D eigenvalue weighted by molar-refractivity contribution is -0.126. The number of methoxy groups -OCH3 is 1. The third-order valence-electron chi connectivity index (χ3n) is 2.57. The highest BCUT2D eigenvalue weighted by molar-refractivity contribution is 5.86. The second-order valence-electron chi connectivity index (χ2n) is 5.31. The number of hydrogen-bond donors (Lipinski definition) is 1. The number of amides is 2. The van der Waals surface area contributed by atoms with Crippen molar-refractivity contribution in [3.8, 4) is 0 Å². The van der Waals surface area contributed by atoms with Gasteiger partial charge in [-0.05, 0) is 33.6 Å². The molecule has 6 nitrogen and oxygen atoms in total. The van der Waals surface area contributed by atoms with Crippen LogP contribution in [0, 0.1) is 0 Å². The number of nitrogens with one attached hydrogen (secondary N) is 1. The molecule has 1 atom stereocenters. The van der Waals surface area contributed by atoms with Gasteiger partial charge in [0.2, 0.25) is 5.91 Å². The molecule has 0 aliphatic carbocycles. The summed E-state index contributed by atoms with van der Waals surface area (Å²) in [6.45, 7) is 6.13. The van der Waals surface area contributed by atoms with Crippen molar-refractivity contribution in [1.82, 2.24) is 10.2 Å². The maximum Gasteiger partial charge on any atom is 0.410 e. The molecule has 6 heteroatoms. The second kappa shape index (κ2) is 6.04. The first-order valence-electron chi connectivity index (χ1n) is 6.11. The van der Waals surface area contributed by atoms with E-state index < -0.39 is 17.7 Å². The molecule has 1 rings (SSSR count). The van der Waals surface area contributed by atoms with Crippen molar-refractivity contribution in [1.29, 1.82) is 0 Å². The molecule has 104 valence electrons. The van der Waals surface area contributed by atoms with E-state index in [0.29, 0.717) is 13.0 Å². The van der Waals surface area contributed by atoms with E-state index in [4.69, 9.17) is 9.47 Å². The Labute approximate surface area is 108 Å². The van der Waals surface area contributed by atoms with E-state index in [9.17, 15) is 9.59 Å². The zero-order valence-corrected chi connectivity index (χ0v) is 11.5. The zero-order valence-electron chi connectivity index (χ0n) is 11.5.